The van der Waals surface area contributed by atoms with Crippen LogP contribution in [-0.2, 0) is 16.6 Å². The van der Waals surface area contributed by atoms with Crippen LogP contribution in [0.1, 0.15) is 11.3 Å². The van der Waals surface area contributed by atoms with Crippen LogP contribution in [0, 0.1) is 6.92 Å². The van der Waals surface area contributed by atoms with Crippen molar-refractivity contribution < 1.29 is 8.42 Å². The molecule has 170 valence electrons. The molecule has 0 saturated carbocycles. The Balaban J connectivity index is 1.55. The maximum absolute atomic E-state index is 11.4. The molecule has 0 spiro atoms. The Hall–Kier alpha value is -4.19. The van der Waals surface area contributed by atoms with Gasteiger partial charge >= 0.3 is 0 Å². The van der Waals surface area contributed by atoms with Gasteiger partial charge in [-0.15, -0.1) is 0 Å². The highest BCUT2D eigenvalue weighted by molar-refractivity contribution is 7.92. The summed E-state index contributed by atoms with van der Waals surface area (Å²) in [6, 6.07) is 14.3. The largest absolute Gasteiger partial charge is 0.366 e. The maximum Gasteiger partial charge on any atom is 0.232 e. The van der Waals surface area contributed by atoms with E-state index in [1.165, 1.54) is 0 Å². The molecule has 4 rings (SSSR count). The predicted molar refractivity (Wildman–Crippen MR) is 128 cm³/mol. The topological polar surface area (TPSA) is 150 Å². The number of hydrogen-bond acceptors (Lipinski definition) is 9. The highest BCUT2D eigenvalue weighted by Crippen LogP contribution is 2.23. The van der Waals surface area contributed by atoms with E-state index in [0.29, 0.717) is 35.6 Å². The lowest BCUT2D eigenvalue weighted by molar-refractivity contribution is 0.607. The van der Waals surface area contributed by atoms with Gasteiger partial charge in [-0.3, -0.25) is 14.8 Å². The zero-order chi connectivity index (χ0) is 23.3. The number of nitrogens with one attached hydrogen (secondary N) is 5. The van der Waals surface area contributed by atoms with Gasteiger partial charge in [-0.25, -0.2) is 8.42 Å². The lowest BCUT2D eigenvalue weighted by Gasteiger charge is -2.12. The summed E-state index contributed by atoms with van der Waals surface area (Å²) in [7, 11) is -3.34. The van der Waals surface area contributed by atoms with Crippen LogP contribution in [0.2, 0.25) is 0 Å². The Morgan fingerprint density at radius 3 is 2.36 bits per heavy atom. The first-order valence-corrected chi connectivity index (χ1v) is 11.9. The summed E-state index contributed by atoms with van der Waals surface area (Å²) in [6.07, 6.45) is 4.61. The molecule has 5 N–H and O–H groups in total. The summed E-state index contributed by atoms with van der Waals surface area (Å²) < 4.78 is 25.2. The minimum Gasteiger partial charge on any atom is -0.366 e. The first-order valence-electron chi connectivity index (χ1n) is 9.98. The van der Waals surface area contributed by atoms with E-state index in [1.807, 2.05) is 25.1 Å². The number of pyridine rings is 1. The standard InChI is InChI=1S/C21H23N9O2S/c1-14-10-20(29-28-14)27-21-25-18(23-13-15-4-3-9-22-12-15)11-19(26-21)24-16-5-7-17(8-6-16)30-33(2,31)32/h3-12,30H,13H2,1-2H3,(H4,23,24,25,26,27,28,29). The molecule has 3 aromatic heterocycles. The molecule has 1 aromatic carbocycles. The summed E-state index contributed by atoms with van der Waals surface area (Å²) in [5, 5.41) is 16.6. The van der Waals surface area contributed by atoms with Crippen molar-refractivity contribution in [2.75, 3.05) is 26.9 Å². The summed E-state index contributed by atoms with van der Waals surface area (Å²) in [5.41, 5.74) is 3.12. The van der Waals surface area contributed by atoms with Gasteiger partial charge in [0.25, 0.3) is 0 Å². The molecule has 0 radical (unpaired) electrons. The van der Waals surface area contributed by atoms with Gasteiger partial charge in [-0.2, -0.15) is 15.1 Å². The summed E-state index contributed by atoms with van der Waals surface area (Å²) in [5.74, 6) is 2.09. The second-order valence-electron chi connectivity index (χ2n) is 7.31. The quantitative estimate of drug-likeness (QED) is 0.251. The monoisotopic (exact) mass is 465 g/mol. The van der Waals surface area contributed by atoms with Crippen molar-refractivity contribution in [2.45, 2.75) is 13.5 Å². The molecule has 0 saturated heterocycles. The van der Waals surface area contributed by atoms with E-state index >= 15 is 0 Å². The third kappa shape index (κ3) is 6.64. The van der Waals surface area contributed by atoms with Crippen LogP contribution in [0.4, 0.5) is 34.8 Å². The molecule has 0 amide bonds. The van der Waals surface area contributed by atoms with E-state index in [1.54, 1.807) is 42.7 Å². The van der Waals surface area contributed by atoms with Gasteiger partial charge in [-0.05, 0) is 42.8 Å². The van der Waals surface area contributed by atoms with Gasteiger partial charge in [0.15, 0.2) is 5.82 Å². The van der Waals surface area contributed by atoms with Gasteiger partial charge in [0, 0.05) is 48.1 Å². The molecule has 11 nitrogen and oxygen atoms in total. The molecule has 0 unspecified atom stereocenters. The Morgan fingerprint density at radius 1 is 0.939 bits per heavy atom. The third-order valence-electron chi connectivity index (χ3n) is 4.33. The van der Waals surface area contributed by atoms with Crippen LogP contribution >= 0.6 is 0 Å². The fourth-order valence-electron chi connectivity index (χ4n) is 2.93. The number of aromatic amines is 1. The Bertz CT molecular complexity index is 1320. The van der Waals surface area contributed by atoms with Crippen molar-refractivity contribution >= 4 is 44.8 Å². The van der Waals surface area contributed by atoms with Gasteiger partial charge in [0.05, 0.1) is 6.26 Å². The highest BCUT2D eigenvalue weighted by Gasteiger charge is 2.08. The second kappa shape index (κ2) is 9.53. The fraction of sp³-hybridized carbons (Fsp3) is 0.143. The van der Waals surface area contributed by atoms with Crippen molar-refractivity contribution in [1.29, 1.82) is 0 Å². The summed E-state index contributed by atoms with van der Waals surface area (Å²) >= 11 is 0. The number of aryl methyl sites for hydroxylation is 1. The number of rotatable bonds is 9. The van der Waals surface area contributed by atoms with E-state index in [0.717, 1.165) is 23.2 Å². The lowest BCUT2D eigenvalue weighted by atomic mass is 10.3. The van der Waals surface area contributed by atoms with E-state index in [4.69, 9.17) is 0 Å². The molecular weight excluding hydrogens is 442 g/mol. The molecule has 0 aliphatic carbocycles. The van der Waals surface area contributed by atoms with Crippen molar-refractivity contribution in [2.24, 2.45) is 0 Å². The number of anilines is 6. The maximum atomic E-state index is 11.4. The van der Waals surface area contributed by atoms with Crippen LogP contribution in [0.3, 0.4) is 0 Å². The highest BCUT2D eigenvalue weighted by atomic mass is 32.2. The molecule has 3 heterocycles. The smallest absolute Gasteiger partial charge is 0.232 e. The average Bonchev–Trinajstić information content (AvgIpc) is 3.18. The van der Waals surface area contributed by atoms with Crippen LogP contribution in [0.15, 0.2) is 60.9 Å². The molecule has 0 fully saturated rings. The van der Waals surface area contributed by atoms with Gasteiger partial charge in [0.2, 0.25) is 16.0 Å². The molecule has 0 aliphatic rings. The predicted octanol–water partition coefficient (Wildman–Crippen LogP) is 3.37. The summed E-state index contributed by atoms with van der Waals surface area (Å²) in [4.78, 5) is 13.2. The molecule has 0 atom stereocenters. The molecule has 4 aromatic rings. The van der Waals surface area contributed by atoms with Gasteiger partial charge in [-0.1, -0.05) is 6.07 Å². The van der Waals surface area contributed by atoms with Crippen LogP contribution in [0.5, 0.6) is 0 Å². The molecule has 0 aliphatic heterocycles. The van der Waals surface area contributed by atoms with Crippen molar-refractivity contribution in [3.05, 3.63) is 72.2 Å². The zero-order valence-corrected chi connectivity index (χ0v) is 18.8. The van der Waals surface area contributed by atoms with Crippen LogP contribution < -0.4 is 20.7 Å². The van der Waals surface area contributed by atoms with Gasteiger partial charge < -0.3 is 16.0 Å². The Kier molecular flexibility index (Phi) is 6.36. The molecular formula is C21H23N9O2S. The van der Waals surface area contributed by atoms with Crippen LogP contribution in [0.25, 0.3) is 0 Å². The molecule has 33 heavy (non-hydrogen) atoms. The average molecular weight is 466 g/mol. The molecule has 0 bridgehead atoms. The van der Waals surface area contributed by atoms with E-state index in [9.17, 15) is 8.42 Å². The Labute approximate surface area is 191 Å². The van der Waals surface area contributed by atoms with Gasteiger partial charge in [0.1, 0.15) is 11.6 Å². The van der Waals surface area contributed by atoms with Crippen molar-refractivity contribution in [3.8, 4) is 0 Å². The Morgan fingerprint density at radius 2 is 1.70 bits per heavy atom. The fourth-order valence-corrected chi connectivity index (χ4v) is 3.50. The molecule has 12 heteroatoms. The number of aromatic nitrogens is 5. The third-order valence-corrected chi connectivity index (χ3v) is 4.94. The minimum absolute atomic E-state index is 0.357. The number of hydrogen-bond donors (Lipinski definition) is 5. The first kappa shape index (κ1) is 22.0. The van der Waals surface area contributed by atoms with E-state index in [-0.39, 0.29) is 0 Å². The number of sulfonamides is 1. The lowest BCUT2D eigenvalue weighted by Crippen LogP contribution is -2.09. The van der Waals surface area contributed by atoms with E-state index < -0.39 is 10.0 Å². The first-order chi connectivity index (χ1) is 15.8. The second-order valence-corrected chi connectivity index (χ2v) is 9.06. The SMILES string of the molecule is Cc1cc(Nc2nc(NCc3cccnc3)cc(Nc3ccc(NS(C)(=O)=O)cc3)n2)n[nH]1. The van der Waals surface area contributed by atoms with E-state index in [2.05, 4.69) is 45.8 Å². The number of nitrogens with zero attached hydrogens (tertiary/aromatic N) is 4. The minimum atomic E-state index is -3.34. The number of H-pyrrole nitrogens is 1. The zero-order valence-electron chi connectivity index (χ0n) is 18.0. The normalized spacial score (nSPS) is 11.1. The van der Waals surface area contributed by atoms with Crippen molar-refractivity contribution in [1.82, 2.24) is 25.1 Å². The van der Waals surface area contributed by atoms with Crippen LogP contribution in [-0.4, -0.2) is 39.8 Å². The number of benzene rings is 1. The summed E-state index contributed by atoms with van der Waals surface area (Å²) in [6.45, 7) is 2.44. The van der Waals surface area contributed by atoms with Crippen molar-refractivity contribution in [3.63, 3.8) is 0 Å².